The predicted octanol–water partition coefficient (Wildman–Crippen LogP) is 2.98. The van der Waals surface area contributed by atoms with Gasteiger partial charge in [0, 0.05) is 39.0 Å². The van der Waals surface area contributed by atoms with E-state index >= 15 is 0 Å². The van der Waals surface area contributed by atoms with Crippen molar-refractivity contribution in [2.24, 2.45) is 0 Å². The van der Waals surface area contributed by atoms with Crippen molar-refractivity contribution in [3.05, 3.63) is 34.9 Å². The average molecular weight is 343 g/mol. The first-order chi connectivity index (χ1) is 11.9. The molecule has 5 nitrogen and oxygen atoms in total. The van der Waals surface area contributed by atoms with Gasteiger partial charge in [-0.2, -0.15) is 0 Å². The molecule has 136 valence electrons. The van der Waals surface area contributed by atoms with Crippen LogP contribution < -0.4 is 5.32 Å². The van der Waals surface area contributed by atoms with E-state index in [1.165, 1.54) is 16.7 Å². The molecule has 1 unspecified atom stereocenters. The lowest BCUT2D eigenvalue weighted by molar-refractivity contribution is -0.132. The highest BCUT2D eigenvalue weighted by Gasteiger charge is 2.46. The number of amides is 3. The summed E-state index contributed by atoms with van der Waals surface area (Å²) in [5.41, 5.74) is 3.96. The molecule has 1 aliphatic carbocycles. The van der Waals surface area contributed by atoms with E-state index in [-0.39, 0.29) is 23.4 Å². The predicted molar refractivity (Wildman–Crippen MR) is 98.5 cm³/mol. The minimum atomic E-state index is -0.0489. The highest BCUT2D eigenvalue weighted by molar-refractivity contribution is 5.76. The molecular weight excluding hydrogens is 314 g/mol. The molecule has 5 heteroatoms. The molecule has 2 aliphatic rings. The number of nitrogens with zero attached hydrogens (tertiary/aromatic N) is 2. The molecule has 1 fully saturated rings. The van der Waals surface area contributed by atoms with Gasteiger partial charge in [0.1, 0.15) is 0 Å². The molecule has 1 spiro atoms. The number of fused-ring (bicyclic) bond motifs is 2. The first kappa shape index (κ1) is 17.8. The molecule has 0 radical (unpaired) electrons. The Labute approximate surface area is 150 Å². The van der Waals surface area contributed by atoms with E-state index in [1.807, 2.05) is 11.8 Å². The van der Waals surface area contributed by atoms with Crippen molar-refractivity contribution < 1.29 is 9.59 Å². The van der Waals surface area contributed by atoms with Gasteiger partial charge in [0.2, 0.25) is 5.91 Å². The van der Waals surface area contributed by atoms with E-state index in [4.69, 9.17) is 0 Å². The number of carbonyl (C=O) groups excluding carboxylic acids is 2. The Morgan fingerprint density at radius 1 is 1.28 bits per heavy atom. The minimum Gasteiger partial charge on any atom is -0.343 e. The van der Waals surface area contributed by atoms with Crippen LogP contribution in [0.4, 0.5) is 4.79 Å². The SMILES string of the molecule is CCC(=O)N1CCC2(CC1)CC(NC(=O)N(C)C)c1ccc(C)cc12. The van der Waals surface area contributed by atoms with E-state index in [9.17, 15) is 9.59 Å². The number of rotatable bonds is 2. The van der Waals surface area contributed by atoms with Crippen LogP contribution in [0.5, 0.6) is 0 Å². The zero-order chi connectivity index (χ0) is 18.2. The maximum absolute atomic E-state index is 12.2. The van der Waals surface area contributed by atoms with Gasteiger partial charge < -0.3 is 15.1 Å². The monoisotopic (exact) mass is 343 g/mol. The number of carbonyl (C=O) groups is 2. The van der Waals surface area contributed by atoms with Crippen molar-refractivity contribution in [3.8, 4) is 0 Å². The average Bonchev–Trinajstić information content (AvgIpc) is 2.87. The fraction of sp³-hybridized carbons (Fsp3) is 0.600. The van der Waals surface area contributed by atoms with Gasteiger partial charge in [-0.3, -0.25) is 4.79 Å². The number of nitrogens with one attached hydrogen (secondary N) is 1. The molecule has 0 aromatic heterocycles. The van der Waals surface area contributed by atoms with Crippen LogP contribution in [-0.4, -0.2) is 48.9 Å². The molecule has 1 aromatic carbocycles. The van der Waals surface area contributed by atoms with E-state index < -0.39 is 0 Å². The van der Waals surface area contributed by atoms with E-state index in [0.29, 0.717) is 6.42 Å². The van der Waals surface area contributed by atoms with Crippen LogP contribution in [0.2, 0.25) is 0 Å². The van der Waals surface area contributed by atoms with Crippen molar-refractivity contribution in [2.75, 3.05) is 27.2 Å². The summed E-state index contributed by atoms with van der Waals surface area (Å²) in [6, 6.07) is 6.59. The maximum atomic E-state index is 12.2. The normalized spacial score (nSPS) is 21.1. The number of hydrogen-bond donors (Lipinski definition) is 1. The Bertz CT molecular complexity index is 676. The summed E-state index contributed by atoms with van der Waals surface area (Å²) in [4.78, 5) is 27.8. The van der Waals surface area contributed by atoms with Gasteiger partial charge in [0.15, 0.2) is 0 Å². The summed E-state index contributed by atoms with van der Waals surface area (Å²) in [7, 11) is 3.54. The quantitative estimate of drug-likeness (QED) is 0.897. The summed E-state index contributed by atoms with van der Waals surface area (Å²) in [5, 5.41) is 3.18. The molecule has 3 amide bonds. The first-order valence-corrected chi connectivity index (χ1v) is 9.23. The Kier molecular flexibility index (Phi) is 4.76. The molecule has 1 atom stereocenters. The summed E-state index contributed by atoms with van der Waals surface area (Å²) < 4.78 is 0. The third-order valence-corrected chi connectivity index (χ3v) is 5.83. The standard InChI is InChI=1S/C20H29N3O2/c1-5-18(24)23-10-8-20(9-11-23)13-17(21-19(25)22(3)4)15-7-6-14(2)12-16(15)20/h6-7,12,17H,5,8-11,13H2,1-4H3,(H,21,25). The van der Waals surface area contributed by atoms with Crippen molar-refractivity contribution in [1.29, 1.82) is 0 Å². The Balaban J connectivity index is 1.86. The second-order valence-corrected chi connectivity index (χ2v) is 7.71. The molecule has 1 aromatic rings. The van der Waals surface area contributed by atoms with Crippen molar-refractivity contribution in [1.82, 2.24) is 15.1 Å². The Morgan fingerprint density at radius 3 is 2.56 bits per heavy atom. The van der Waals surface area contributed by atoms with E-state index in [2.05, 4.69) is 30.4 Å². The van der Waals surface area contributed by atoms with E-state index in [1.54, 1.807) is 19.0 Å². The molecule has 3 rings (SSSR count). The molecule has 1 heterocycles. The van der Waals surface area contributed by atoms with Crippen LogP contribution in [-0.2, 0) is 10.2 Å². The third-order valence-electron chi connectivity index (χ3n) is 5.83. The van der Waals surface area contributed by atoms with Crippen molar-refractivity contribution in [2.45, 2.75) is 51.0 Å². The smallest absolute Gasteiger partial charge is 0.317 e. The van der Waals surface area contributed by atoms with Crippen LogP contribution in [0.15, 0.2) is 18.2 Å². The molecule has 0 saturated carbocycles. The van der Waals surface area contributed by atoms with Gasteiger partial charge >= 0.3 is 6.03 Å². The zero-order valence-electron chi connectivity index (χ0n) is 15.8. The van der Waals surface area contributed by atoms with Gasteiger partial charge in [-0.25, -0.2) is 4.79 Å². The fourth-order valence-electron chi connectivity index (χ4n) is 4.33. The number of aryl methyl sites for hydroxylation is 1. The van der Waals surface area contributed by atoms with Gasteiger partial charge in [0.05, 0.1) is 6.04 Å². The number of benzene rings is 1. The van der Waals surface area contributed by atoms with Crippen LogP contribution in [0, 0.1) is 6.92 Å². The van der Waals surface area contributed by atoms with Gasteiger partial charge in [0.25, 0.3) is 0 Å². The summed E-state index contributed by atoms with van der Waals surface area (Å²) in [5.74, 6) is 0.245. The number of likely N-dealkylation sites (tertiary alicyclic amines) is 1. The second-order valence-electron chi connectivity index (χ2n) is 7.71. The van der Waals surface area contributed by atoms with Crippen LogP contribution in [0.1, 0.15) is 55.3 Å². The lowest BCUT2D eigenvalue weighted by Gasteiger charge is -2.40. The highest BCUT2D eigenvalue weighted by Crippen LogP contribution is 2.51. The summed E-state index contributed by atoms with van der Waals surface area (Å²) in [6.07, 6.45) is 3.46. The number of piperidine rings is 1. The zero-order valence-corrected chi connectivity index (χ0v) is 15.8. The van der Waals surface area contributed by atoms with Crippen LogP contribution in [0.3, 0.4) is 0 Å². The molecular formula is C20H29N3O2. The Hall–Kier alpha value is -2.04. The molecule has 1 aliphatic heterocycles. The van der Waals surface area contributed by atoms with Crippen LogP contribution in [0.25, 0.3) is 0 Å². The molecule has 0 bridgehead atoms. The van der Waals surface area contributed by atoms with E-state index in [0.717, 1.165) is 32.4 Å². The Morgan fingerprint density at radius 2 is 1.96 bits per heavy atom. The minimum absolute atomic E-state index is 0.0489. The van der Waals surface area contributed by atoms with Gasteiger partial charge in [-0.1, -0.05) is 30.7 Å². The maximum Gasteiger partial charge on any atom is 0.317 e. The molecule has 1 N–H and O–H groups in total. The van der Waals surface area contributed by atoms with Gasteiger partial charge in [-0.15, -0.1) is 0 Å². The van der Waals surface area contributed by atoms with Crippen molar-refractivity contribution >= 4 is 11.9 Å². The highest BCUT2D eigenvalue weighted by atomic mass is 16.2. The lowest BCUT2D eigenvalue weighted by Crippen LogP contribution is -2.44. The molecule has 25 heavy (non-hydrogen) atoms. The molecule has 1 saturated heterocycles. The number of urea groups is 1. The summed E-state index contributed by atoms with van der Waals surface area (Å²) >= 11 is 0. The second kappa shape index (κ2) is 6.70. The first-order valence-electron chi connectivity index (χ1n) is 9.23. The fourth-order valence-corrected chi connectivity index (χ4v) is 4.33. The van der Waals surface area contributed by atoms with Crippen molar-refractivity contribution in [3.63, 3.8) is 0 Å². The summed E-state index contributed by atoms with van der Waals surface area (Å²) in [6.45, 7) is 5.67. The van der Waals surface area contributed by atoms with Crippen LogP contribution >= 0.6 is 0 Å². The van der Waals surface area contributed by atoms with Gasteiger partial charge in [-0.05, 0) is 37.3 Å². The third kappa shape index (κ3) is 3.24. The largest absolute Gasteiger partial charge is 0.343 e. The number of hydrogen-bond acceptors (Lipinski definition) is 2. The topological polar surface area (TPSA) is 52.7 Å². The lowest BCUT2D eigenvalue weighted by atomic mass is 9.73.